The smallest absolute Gasteiger partial charge is 0.0718 e. The Morgan fingerprint density at radius 2 is 0.889 bits per heavy atom. The molecule has 8 heteroatoms. The lowest BCUT2D eigenvalue weighted by atomic mass is 11.2. The molecule has 0 atom stereocenters. The van der Waals surface area contributed by atoms with Gasteiger partial charge in [-0.25, -0.2) is 0 Å². The summed E-state index contributed by atoms with van der Waals surface area (Å²) in [6.45, 7) is 0. The van der Waals surface area contributed by atoms with Gasteiger partial charge in [-0.2, -0.15) is 0 Å². The van der Waals surface area contributed by atoms with Crippen molar-refractivity contribution in [2.24, 2.45) is 0 Å². The highest BCUT2D eigenvalue weighted by Gasteiger charge is 2.32. The van der Waals surface area contributed by atoms with Crippen molar-refractivity contribution < 1.29 is 0 Å². The van der Waals surface area contributed by atoms with Crippen molar-refractivity contribution in [1.29, 1.82) is 0 Å². The van der Waals surface area contributed by atoms with Gasteiger partial charge in [0, 0.05) is 0 Å². The van der Waals surface area contributed by atoms with Gasteiger partial charge in [0.15, 0.2) is 0 Å². The van der Waals surface area contributed by atoms with Gasteiger partial charge in [0.1, 0.15) is 0 Å². The van der Waals surface area contributed by atoms with E-state index in [9.17, 15) is 0 Å². The van der Waals surface area contributed by atoms with E-state index in [0.29, 0.717) is 0 Å². The van der Waals surface area contributed by atoms with Crippen LogP contribution >= 0.6 is 94.1 Å². The van der Waals surface area contributed by atoms with E-state index < -0.39 is 0 Å². The lowest BCUT2D eigenvalue weighted by molar-refractivity contribution is 2.27. The molecule has 0 fully saturated rings. The molecular weight excluding hydrogens is 377 g/mol. The molecule has 18 heavy (non-hydrogen) atoms. The van der Waals surface area contributed by atoms with E-state index in [-0.39, 0.29) is 0 Å². The molecule has 0 aliphatic carbocycles. The molecule has 2 heterocycles. The van der Waals surface area contributed by atoms with Crippen molar-refractivity contribution in [2.75, 3.05) is 25.0 Å². The Labute approximate surface area is 143 Å². The molecule has 0 saturated heterocycles. The Balaban J connectivity index is 2.10. The Bertz CT molecular complexity index is 361. The van der Waals surface area contributed by atoms with Crippen LogP contribution < -0.4 is 0 Å². The van der Waals surface area contributed by atoms with Crippen molar-refractivity contribution in [3.8, 4) is 0 Å². The van der Waals surface area contributed by atoms with Crippen LogP contribution in [0.25, 0.3) is 0 Å². The van der Waals surface area contributed by atoms with Crippen LogP contribution in [-0.4, -0.2) is 25.0 Å². The highest BCUT2D eigenvalue weighted by Crippen LogP contribution is 2.69. The second-order valence-electron chi connectivity index (χ2n) is 2.95. The third-order valence-electron chi connectivity index (χ3n) is 1.98. The lowest BCUT2D eigenvalue weighted by Crippen LogP contribution is -1.74. The van der Waals surface area contributed by atoms with Crippen molar-refractivity contribution in [1.82, 2.24) is 0 Å². The normalized spacial score (nSPS) is 18.7. The van der Waals surface area contributed by atoms with Crippen molar-refractivity contribution in [2.45, 2.75) is 0 Å². The first-order chi connectivity index (χ1) is 8.73. The number of hydrogen-bond donors (Lipinski definition) is 0. The maximum Gasteiger partial charge on any atom is 0.0718 e. The third-order valence-corrected chi connectivity index (χ3v) is 12.9. The summed E-state index contributed by atoms with van der Waals surface area (Å²) in [5, 5.41) is 0. The zero-order valence-electron chi connectivity index (χ0n) is 10.3. The number of hydrogen-bond acceptors (Lipinski definition) is 8. The third kappa shape index (κ3) is 3.61. The fourth-order valence-corrected chi connectivity index (χ4v) is 11.9. The zero-order valence-corrected chi connectivity index (χ0v) is 16.8. The lowest BCUT2D eigenvalue weighted by Gasteiger charge is -2.08. The van der Waals surface area contributed by atoms with Gasteiger partial charge >= 0.3 is 0 Å². The van der Waals surface area contributed by atoms with Crippen LogP contribution in [-0.2, 0) is 0 Å². The molecule has 0 aromatic rings. The zero-order chi connectivity index (χ0) is 13.1. The second-order valence-corrected chi connectivity index (χ2v) is 11.8. The summed E-state index contributed by atoms with van der Waals surface area (Å²) in [6, 6.07) is 0. The van der Waals surface area contributed by atoms with Crippen LogP contribution in [0.5, 0.6) is 0 Å². The van der Waals surface area contributed by atoms with Crippen LogP contribution in [0.15, 0.2) is 25.4 Å². The average molecular weight is 389 g/mol. The van der Waals surface area contributed by atoms with Gasteiger partial charge in [-0.1, -0.05) is 47.0 Å². The van der Waals surface area contributed by atoms with Crippen molar-refractivity contribution in [3.05, 3.63) is 25.4 Å². The van der Waals surface area contributed by atoms with Crippen molar-refractivity contribution >= 4 is 94.1 Å². The molecule has 0 unspecified atom stereocenters. The Morgan fingerprint density at radius 1 is 0.611 bits per heavy atom. The van der Waals surface area contributed by atoms with Crippen LogP contribution in [0.2, 0.25) is 0 Å². The van der Waals surface area contributed by atoms with E-state index in [0.717, 1.165) is 0 Å². The molecular formula is C10H12S8. The molecule has 2 aliphatic rings. The molecule has 0 radical (unpaired) electrons. The summed E-state index contributed by atoms with van der Waals surface area (Å²) in [5.41, 5.74) is 0. The van der Waals surface area contributed by atoms with Gasteiger partial charge in [0.2, 0.25) is 0 Å². The minimum atomic E-state index is 1.45. The highest BCUT2D eigenvalue weighted by molar-refractivity contribution is 8.49. The van der Waals surface area contributed by atoms with E-state index in [4.69, 9.17) is 0 Å². The Kier molecular flexibility index (Phi) is 7.16. The Morgan fingerprint density at radius 3 is 1.11 bits per heavy atom. The second kappa shape index (κ2) is 7.87. The SMILES string of the molecule is CSC(SC)=C1SC2=C(S1)SC(=C(SC)SC)S2. The van der Waals surface area contributed by atoms with E-state index in [2.05, 4.69) is 25.0 Å². The molecule has 0 amide bonds. The Hall–Kier alpha value is 2.02. The monoisotopic (exact) mass is 388 g/mol. The van der Waals surface area contributed by atoms with E-state index in [1.54, 1.807) is 0 Å². The molecule has 0 bridgehead atoms. The fraction of sp³-hybridized carbons (Fsp3) is 0.400. The molecule has 0 N–H and O–H groups in total. The van der Waals surface area contributed by atoms with Crippen LogP contribution in [0.3, 0.4) is 0 Å². The minimum absolute atomic E-state index is 1.45. The summed E-state index contributed by atoms with van der Waals surface area (Å²) in [7, 11) is 0. The van der Waals surface area contributed by atoms with E-state index >= 15 is 0 Å². The van der Waals surface area contributed by atoms with Gasteiger partial charge in [-0.05, 0) is 25.0 Å². The summed E-state index contributed by atoms with van der Waals surface area (Å²) in [6.07, 6.45) is 8.65. The van der Waals surface area contributed by atoms with Gasteiger partial charge in [-0.3, -0.25) is 0 Å². The predicted molar refractivity (Wildman–Crippen MR) is 106 cm³/mol. The standard InChI is InChI=1S/C10H12S8/c1-11-5(12-2)7-15-9-10(16-7)18-8(17-9)6(13-3)14-4/h1-4H3. The number of thioether (sulfide) groups is 8. The van der Waals surface area contributed by atoms with Gasteiger partial charge < -0.3 is 0 Å². The largest absolute Gasteiger partial charge is 0.121 e. The highest BCUT2D eigenvalue weighted by atomic mass is 32.3. The molecule has 0 saturated carbocycles. The van der Waals surface area contributed by atoms with Crippen LogP contribution in [0, 0.1) is 0 Å². The maximum absolute atomic E-state index is 2.16. The van der Waals surface area contributed by atoms with E-state index in [1.807, 2.05) is 94.1 Å². The quantitative estimate of drug-likeness (QED) is 0.510. The summed E-state index contributed by atoms with van der Waals surface area (Å²) in [5.74, 6) is 0. The molecule has 100 valence electrons. The fourth-order valence-electron chi connectivity index (χ4n) is 1.25. The van der Waals surface area contributed by atoms with Crippen molar-refractivity contribution in [3.63, 3.8) is 0 Å². The van der Waals surface area contributed by atoms with Crippen LogP contribution in [0.1, 0.15) is 0 Å². The molecule has 2 aliphatic heterocycles. The molecule has 0 aromatic carbocycles. The first kappa shape index (κ1) is 16.4. The first-order valence-electron chi connectivity index (χ1n) is 4.83. The first-order valence-corrected chi connectivity index (χ1v) is 13.0. The molecule has 2 rings (SSSR count). The summed E-state index contributed by atoms with van der Waals surface area (Å²) >= 11 is 15.2. The summed E-state index contributed by atoms with van der Waals surface area (Å²) < 4.78 is 8.79. The van der Waals surface area contributed by atoms with Gasteiger partial charge in [0.05, 0.1) is 25.4 Å². The number of rotatable bonds is 4. The minimum Gasteiger partial charge on any atom is -0.121 e. The van der Waals surface area contributed by atoms with Gasteiger partial charge in [0.25, 0.3) is 0 Å². The van der Waals surface area contributed by atoms with Crippen LogP contribution in [0.4, 0.5) is 0 Å². The average Bonchev–Trinajstić information content (AvgIpc) is 2.91. The summed E-state index contributed by atoms with van der Waals surface area (Å²) in [4.78, 5) is 0. The van der Waals surface area contributed by atoms with E-state index in [1.165, 1.54) is 25.4 Å². The molecule has 0 aromatic heterocycles. The maximum atomic E-state index is 2.16. The predicted octanol–water partition coefficient (Wildman–Crippen LogP) is 6.78. The molecule has 0 nitrogen and oxygen atoms in total. The topological polar surface area (TPSA) is 0 Å². The molecule has 0 spiro atoms. The van der Waals surface area contributed by atoms with Gasteiger partial charge in [-0.15, -0.1) is 47.0 Å².